The van der Waals surface area contributed by atoms with Crippen molar-refractivity contribution in [2.45, 2.75) is 20.1 Å². The van der Waals surface area contributed by atoms with Gasteiger partial charge in [0.05, 0.1) is 6.61 Å². The smallest absolute Gasteiger partial charge is 0.387 e. The Morgan fingerprint density at radius 1 is 1.10 bits per heavy atom. The van der Waals surface area contributed by atoms with Crippen LogP contribution < -0.4 is 19.5 Å². The van der Waals surface area contributed by atoms with E-state index < -0.39 is 12.5 Å². The minimum Gasteiger partial charge on any atom is -0.490 e. The van der Waals surface area contributed by atoms with E-state index in [2.05, 4.69) is 10.1 Å². The van der Waals surface area contributed by atoms with Crippen molar-refractivity contribution >= 4 is 23.2 Å². The number of anilines is 1. The summed E-state index contributed by atoms with van der Waals surface area (Å²) in [6, 6.07) is 14.1. The number of carbonyl (C=O) groups is 1. The van der Waals surface area contributed by atoms with E-state index in [0.717, 1.165) is 0 Å². The van der Waals surface area contributed by atoms with E-state index >= 15 is 0 Å². The number of halogens is 3. The summed E-state index contributed by atoms with van der Waals surface area (Å²) in [5.41, 5.74) is 0.332. The fourth-order valence-electron chi connectivity index (χ4n) is 2.53. The molecule has 0 atom stereocenters. The fraction of sp³-hybridized carbons (Fsp3) is 0.190. The Bertz CT molecular complexity index is 1010. The molecular weight excluding hydrogens is 420 g/mol. The van der Waals surface area contributed by atoms with Crippen LogP contribution in [0, 0.1) is 0 Å². The van der Waals surface area contributed by atoms with Crippen LogP contribution in [0.15, 0.2) is 59.0 Å². The van der Waals surface area contributed by atoms with Crippen molar-refractivity contribution in [3.05, 3.63) is 71.1 Å². The molecule has 6 nitrogen and oxygen atoms in total. The Balaban J connectivity index is 1.64. The zero-order valence-corrected chi connectivity index (χ0v) is 16.6. The number of carbonyl (C=O) groups excluding carboxylic acids is 1. The van der Waals surface area contributed by atoms with Crippen molar-refractivity contribution in [3.8, 4) is 17.2 Å². The Morgan fingerprint density at radius 2 is 1.93 bits per heavy atom. The van der Waals surface area contributed by atoms with Crippen molar-refractivity contribution in [3.63, 3.8) is 0 Å². The normalized spacial score (nSPS) is 10.7. The van der Waals surface area contributed by atoms with Gasteiger partial charge in [0.2, 0.25) is 0 Å². The second-order valence-electron chi connectivity index (χ2n) is 5.94. The molecular formula is C21H18ClF2NO5. The van der Waals surface area contributed by atoms with Gasteiger partial charge in [-0.15, -0.1) is 0 Å². The van der Waals surface area contributed by atoms with Crippen LogP contribution >= 0.6 is 11.6 Å². The van der Waals surface area contributed by atoms with Gasteiger partial charge in [-0.25, -0.2) is 0 Å². The highest BCUT2D eigenvalue weighted by molar-refractivity contribution is 6.30. The highest BCUT2D eigenvalue weighted by atomic mass is 35.5. The van der Waals surface area contributed by atoms with Gasteiger partial charge in [-0.2, -0.15) is 8.78 Å². The lowest BCUT2D eigenvalue weighted by Crippen LogP contribution is -2.11. The zero-order valence-electron chi connectivity index (χ0n) is 15.9. The third-order valence-corrected chi connectivity index (χ3v) is 4.02. The molecule has 1 aromatic heterocycles. The van der Waals surface area contributed by atoms with Gasteiger partial charge in [-0.3, -0.25) is 4.79 Å². The lowest BCUT2D eigenvalue weighted by Gasteiger charge is -2.13. The Hall–Kier alpha value is -3.26. The SMILES string of the molecule is CCOc1cc(NC(=O)c2ccc(COc3cccc(Cl)c3)o2)ccc1OC(F)F. The van der Waals surface area contributed by atoms with Gasteiger partial charge in [0.25, 0.3) is 5.91 Å². The van der Waals surface area contributed by atoms with Crippen LogP contribution in [0.25, 0.3) is 0 Å². The van der Waals surface area contributed by atoms with Crippen LogP contribution in [-0.2, 0) is 6.61 Å². The van der Waals surface area contributed by atoms with E-state index in [1.807, 2.05) is 0 Å². The molecule has 0 bridgehead atoms. The van der Waals surface area contributed by atoms with Crippen LogP contribution in [0.2, 0.25) is 5.02 Å². The Kier molecular flexibility index (Phi) is 7.13. The average Bonchev–Trinajstić information content (AvgIpc) is 3.18. The van der Waals surface area contributed by atoms with Crippen molar-refractivity contribution in [1.29, 1.82) is 0 Å². The van der Waals surface area contributed by atoms with Gasteiger partial charge in [-0.1, -0.05) is 17.7 Å². The molecule has 0 fully saturated rings. The number of benzene rings is 2. The average molecular weight is 438 g/mol. The first-order valence-corrected chi connectivity index (χ1v) is 9.32. The number of nitrogens with one attached hydrogen (secondary N) is 1. The summed E-state index contributed by atoms with van der Waals surface area (Å²) in [4.78, 5) is 12.4. The predicted octanol–water partition coefficient (Wildman–Crippen LogP) is 5.76. The maximum atomic E-state index is 12.5. The van der Waals surface area contributed by atoms with Crippen molar-refractivity contribution in [2.24, 2.45) is 0 Å². The van der Waals surface area contributed by atoms with E-state index in [0.29, 0.717) is 22.2 Å². The molecule has 0 radical (unpaired) electrons. The Labute approximate surface area is 176 Å². The van der Waals surface area contributed by atoms with Gasteiger partial charge in [0.1, 0.15) is 18.1 Å². The molecule has 0 unspecified atom stereocenters. The highest BCUT2D eigenvalue weighted by Gasteiger charge is 2.15. The molecule has 0 saturated heterocycles. The monoisotopic (exact) mass is 437 g/mol. The van der Waals surface area contributed by atoms with E-state index in [1.54, 1.807) is 37.3 Å². The molecule has 30 heavy (non-hydrogen) atoms. The Morgan fingerprint density at radius 3 is 2.67 bits per heavy atom. The maximum absolute atomic E-state index is 12.5. The number of rotatable bonds is 9. The number of furan rings is 1. The zero-order chi connectivity index (χ0) is 21.5. The second-order valence-corrected chi connectivity index (χ2v) is 6.38. The first-order valence-electron chi connectivity index (χ1n) is 8.94. The third kappa shape index (κ3) is 5.87. The molecule has 0 aliphatic rings. The second kappa shape index (κ2) is 9.98. The molecule has 0 spiro atoms. The standard InChI is InChI=1S/C21H18ClF2NO5/c1-2-27-19-11-14(6-8-17(19)30-21(23)24)25-20(26)18-9-7-16(29-18)12-28-15-5-3-4-13(22)10-15/h3-11,21H,2,12H2,1H3,(H,25,26). The summed E-state index contributed by atoms with van der Waals surface area (Å²) in [5, 5.41) is 3.16. The minimum atomic E-state index is -2.99. The van der Waals surface area contributed by atoms with Crippen molar-refractivity contribution < 1.29 is 32.2 Å². The largest absolute Gasteiger partial charge is 0.490 e. The number of hydrogen-bond donors (Lipinski definition) is 1. The third-order valence-electron chi connectivity index (χ3n) is 3.78. The van der Waals surface area contributed by atoms with E-state index in [9.17, 15) is 13.6 Å². The van der Waals surface area contributed by atoms with E-state index in [-0.39, 0.29) is 30.5 Å². The van der Waals surface area contributed by atoms with Gasteiger partial charge in [-0.05, 0) is 49.4 Å². The molecule has 0 saturated carbocycles. The minimum absolute atomic E-state index is 0.0607. The van der Waals surface area contributed by atoms with Gasteiger partial charge in [0, 0.05) is 16.8 Å². The summed E-state index contributed by atoms with van der Waals surface area (Å²) in [6.07, 6.45) is 0. The summed E-state index contributed by atoms with van der Waals surface area (Å²) in [5.74, 6) is 0.517. The number of alkyl halides is 2. The number of ether oxygens (including phenoxy) is 3. The molecule has 1 heterocycles. The van der Waals surface area contributed by atoms with Gasteiger partial charge in [0.15, 0.2) is 17.3 Å². The molecule has 3 aromatic rings. The maximum Gasteiger partial charge on any atom is 0.387 e. The lowest BCUT2D eigenvalue weighted by molar-refractivity contribution is -0.0514. The first-order chi connectivity index (χ1) is 14.4. The molecule has 9 heteroatoms. The summed E-state index contributed by atoms with van der Waals surface area (Å²) >= 11 is 5.90. The van der Waals surface area contributed by atoms with Gasteiger partial charge < -0.3 is 23.9 Å². The molecule has 158 valence electrons. The van der Waals surface area contributed by atoms with Gasteiger partial charge >= 0.3 is 6.61 Å². The lowest BCUT2D eigenvalue weighted by atomic mass is 10.2. The summed E-state index contributed by atoms with van der Waals surface area (Å²) in [7, 11) is 0. The quantitative estimate of drug-likeness (QED) is 0.460. The first kappa shape index (κ1) is 21.4. The number of amides is 1. The molecule has 1 amide bonds. The van der Waals surface area contributed by atoms with Crippen LogP contribution in [-0.4, -0.2) is 19.1 Å². The van der Waals surface area contributed by atoms with Crippen LogP contribution in [0.1, 0.15) is 23.2 Å². The summed E-state index contributed by atoms with van der Waals surface area (Å²) < 4.78 is 45.7. The summed E-state index contributed by atoms with van der Waals surface area (Å²) in [6.45, 7) is -0.930. The van der Waals surface area contributed by atoms with E-state index in [1.165, 1.54) is 24.3 Å². The fourth-order valence-corrected chi connectivity index (χ4v) is 2.71. The molecule has 0 aliphatic heterocycles. The molecule has 3 rings (SSSR count). The number of hydrogen-bond acceptors (Lipinski definition) is 5. The predicted molar refractivity (Wildman–Crippen MR) is 107 cm³/mol. The molecule has 2 aromatic carbocycles. The van der Waals surface area contributed by atoms with Crippen LogP contribution in [0.5, 0.6) is 17.2 Å². The van der Waals surface area contributed by atoms with Crippen molar-refractivity contribution in [2.75, 3.05) is 11.9 Å². The molecule has 1 N–H and O–H groups in total. The van der Waals surface area contributed by atoms with Crippen LogP contribution in [0.3, 0.4) is 0 Å². The highest BCUT2D eigenvalue weighted by Crippen LogP contribution is 2.32. The molecule has 0 aliphatic carbocycles. The topological polar surface area (TPSA) is 69.9 Å². The van der Waals surface area contributed by atoms with Crippen LogP contribution in [0.4, 0.5) is 14.5 Å². The van der Waals surface area contributed by atoms with E-state index in [4.69, 9.17) is 25.5 Å². The van der Waals surface area contributed by atoms with Crippen molar-refractivity contribution in [1.82, 2.24) is 0 Å².